The molecular formula is C15H23NO. The van der Waals surface area contributed by atoms with Gasteiger partial charge in [-0.1, -0.05) is 44.2 Å². The van der Waals surface area contributed by atoms with Crippen molar-refractivity contribution in [2.24, 2.45) is 11.8 Å². The summed E-state index contributed by atoms with van der Waals surface area (Å²) in [5.41, 5.74) is 1.37. The first-order chi connectivity index (χ1) is 8.16. The number of aliphatic hydroxyl groups excluding tert-OH is 1. The summed E-state index contributed by atoms with van der Waals surface area (Å²) >= 11 is 0. The minimum Gasteiger partial charge on any atom is -0.393 e. The van der Waals surface area contributed by atoms with Crippen LogP contribution >= 0.6 is 0 Å². The number of hydrogen-bond acceptors (Lipinski definition) is 2. The first-order valence-electron chi connectivity index (χ1n) is 6.61. The number of aliphatic hydroxyl groups is 1. The third kappa shape index (κ3) is 3.30. The molecule has 1 aromatic carbocycles. The maximum absolute atomic E-state index is 10.1. The predicted molar refractivity (Wildman–Crippen MR) is 70.7 cm³/mol. The summed E-state index contributed by atoms with van der Waals surface area (Å²) in [6, 6.07) is 10.6. The van der Waals surface area contributed by atoms with Crippen LogP contribution in [-0.4, -0.2) is 29.2 Å². The maximum atomic E-state index is 10.1. The quantitative estimate of drug-likeness (QED) is 0.864. The highest BCUT2D eigenvalue weighted by molar-refractivity contribution is 5.14. The molecule has 1 aliphatic heterocycles. The van der Waals surface area contributed by atoms with E-state index >= 15 is 0 Å². The van der Waals surface area contributed by atoms with E-state index in [2.05, 4.69) is 49.1 Å². The van der Waals surface area contributed by atoms with E-state index in [1.807, 2.05) is 0 Å². The molecule has 1 N–H and O–H groups in total. The van der Waals surface area contributed by atoms with Gasteiger partial charge in [-0.25, -0.2) is 0 Å². The first-order valence-corrected chi connectivity index (χ1v) is 6.61. The van der Waals surface area contributed by atoms with Crippen LogP contribution in [0.1, 0.15) is 25.8 Å². The highest BCUT2D eigenvalue weighted by Crippen LogP contribution is 2.25. The van der Waals surface area contributed by atoms with Crippen LogP contribution in [0, 0.1) is 11.8 Å². The minimum atomic E-state index is -0.143. The van der Waals surface area contributed by atoms with Crippen molar-refractivity contribution in [1.82, 2.24) is 4.90 Å². The van der Waals surface area contributed by atoms with Gasteiger partial charge in [0.2, 0.25) is 0 Å². The van der Waals surface area contributed by atoms with E-state index in [-0.39, 0.29) is 6.10 Å². The van der Waals surface area contributed by atoms with Crippen LogP contribution < -0.4 is 0 Å². The second kappa shape index (κ2) is 5.65. The molecule has 1 aliphatic rings. The molecule has 1 fully saturated rings. The molecule has 2 nitrogen and oxygen atoms in total. The average Bonchev–Trinajstić information content (AvgIpc) is 2.77. The summed E-state index contributed by atoms with van der Waals surface area (Å²) < 4.78 is 0. The summed E-state index contributed by atoms with van der Waals surface area (Å²) in [5, 5.41) is 10.1. The molecule has 0 aromatic heterocycles. The van der Waals surface area contributed by atoms with Crippen molar-refractivity contribution in [2.75, 3.05) is 13.1 Å². The van der Waals surface area contributed by atoms with E-state index in [1.165, 1.54) is 5.56 Å². The molecule has 0 amide bonds. The lowest BCUT2D eigenvalue weighted by atomic mass is 9.93. The van der Waals surface area contributed by atoms with E-state index in [9.17, 15) is 5.11 Å². The molecule has 0 radical (unpaired) electrons. The molecular weight excluding hydrogens is 210 g/mol. The second-order valence-electron chi connectivity index (χ2n) is 5.50. The van der Waals surface area contributed by atoms with Gasteiger partial charge in [0.05, 0.1) is 6.10 Å². The Labute approximate surface area is 104 Å². The zero-order chi connectivity index (χ0) is 12.3. The van der Waals surface area contributed by atoms with Gasteiger partial charge in [-0.15, -0.1) is 0 Å². The van der Waals surface area contributed by atoms with Crippen molar-refractivity contribution < 1.29 is 5.11 Å². The van der Waals surface area contributed by atoms with Gasteiger partial charge in [0.15, 0.2) is 0 Å². The Morgan fingerprint density at radius 2 is 2.00 bits per heavy atom. The molecule has 1 heterocycles. The Kier molecular flexibility index (Phi) is 4.19. The lowest BCUT2D eigenvalue weighted by Gasteiger charge is -2.22. The largest absolute Gasteiger partial charge is 0.393 e. The van der Waals surface area contributed by atoms with Crippen LogP contribution in [0.5, 0.6) is 0 Å². The fourth-order valence-electron chi connectivity index (χ4n) is 2.67. The number of rotatable bonds is 4. The summed E-state index contributed by atoms with van der Waals surface area (Å²) in [6.45, 7) is 7.37. The average molecular weight is 233 g/mol. The molecule has 2 rings (SSSR count). The smallest absolute Gasteiger partial charge is 0.0603 e. The second-order valence-corrected chi connectivity index (χ2v) is 5.50. The van der Waals surface area contributed by atoms with Crippen molar-refractivity contribution in [1.29, 1.82) is 0 Å². The van der Waals surface area contributed by atoms with Crippen LogP contribution in [-0.2, 0) is 6.54 Å². The van der Waals surface area contributed by atoms with E-state index < -0.39 is 0 Å². The summed E-state index contributed by atoms with van der Waals surface area (Å²) in [7, 11) is 0. The van der Waals surface area contributed by atoms with Crippen molar-refractivity contribution in [3.8, 4) is 0 Å². The zero-order valence-electron chi connectivity index (χ0n) is 10.8. The Bertz CT molecular complexity index is 336. The number of benzene rings is 1. The SMILES string of the molecule is CC(C)C(O)C1CCN(Cc2ccccc2)C1. The predicted octanol–water partition coefficient (Wildman–Crippen LogP) is 2.53. The Morgan fingerprint density at radius 1 is 1.29 bits per heavy atom. The van der Waals surface area contributed by atoms with Crippen LogP contribution in [0.15, 0.2) is 30.3 Å². The van der Waals surface area contributed by atoms with Gasteiger partial charge in [0, 0.05) is 13.1 Å². The lowest BCUT2D eigenvalue weighted by Crippen LogP contribution is -2.29. The van der Waals surface area contributed by atoms with Crippen molar-refractivity contribution in [3.63, 3.8) is 0 Å². The van der Waals surface area contributed by atoms with E-state index in [0.29, 0.717) is 11.8 Å². The highest BCUT2D eigenvalue weighted by atomic mass is 16.3. The Hall–Kier alpha value is -0.860. The van der Waals surface area contributed by atoms with E-state index in [0.717, 1.165) is 26.1 Å². The lowest BCUT2D eigenvalue weighted by molar-refractivity contribution is 0.0672. The van der Waals surface area contributed by atoms with Crippen molar-refractivity contribution in [2.45, 2.75) is 32.9 Å². The van der Waals surface area contributed by atoms with Crippen molar-refractivity contribution >= 4 is 0 Å². The van der Waals surface area contributed by atoms with Gasteiger partial charge in [0.1, 0.15) is 0 Å². The molecule has 1 saturated heterocycles. The summed E-state index contributed by atoms with van der Waals surface area (Å²) in [4.78, 5) is 2.45. The fourth-order valence-corrected chi connectivity index (χ4v) is 2.67. The molecule has 0 aliphatic carbocycles. The minimum absolute atomic E-state index is 0.143. The zero-order valence-corrected chi connectivity index (χ0v) is 10.8. The third-order valence-corrected chi connectivity index (χ3v) is 3.72. The number of nitrogens with zero attached hydrogens (tertiary/aromatic N) is 1. The van der Waals surface area contributed by atoms with Crippen molar-refractivity contribution in [3.05, 3.63) is 35.9 Å². The van der Waals surface area contributed by atoms with Gasteiger partial charge in [-0.05, 0) is 30.4 Å². The van der Waals surface area contributed by atoms with E-state index in [4.69, 9.17) is 0 Å². The van der Waals surface area contributed by atoms with Crippen LogP contribution in [0.2, 0.25) is 0 Å². The Balaban J connectivity index is 1.86. The number of likely N-dealkylation sites (tertiary alicyclic amines) is 1. The normalized spacial score (nSPS) is 23.2. The molecule has 2 heteroatoms. The molecule has 0 spiro atoms. The van der Waals surface area contributed by atoms with E-state index in [1.54, 1.807) is 0 Å². The fraction of sp³-hybridized carbons (Fsp3) is 0.600. The van der Waals surface area contributed by atoms with Gasteiger partial charge >= 0.3 is 0 Å². The molecule has 2 unspecified atom stereocenters. The van der Waals surface area contributed by atoms with Gasteiger partial charge < -0.3 is 5.11 Å². The monoisotopic (exact) mass is 233 g/mol. The molecule has 2 atom stereocenters. The molecule has 0 saturated carbocycles. The Morgan fingerprint density at radius 3 is 2.65 bits per heavy atom. The standard InChI is InChI=1S/C15H23NO/c1-12(2)15(17)14-8-9-16(11-14)10-13-6-4-3-5-7-13/h3-7,12,14-15,17H,8-11H2,1-2H3. The molecule has 1 aromatic rings. The van der Waals surface area contributed by atoms with Crippen LogP contribution in [0.3, 0.4) is 0 Å². The molecule has 94 valence electrons. The van der Waals surface area contributed by atoms with Crippen LogP contribution in [0.4, 0.5) is 0 Å². The molecule has 0 bridgehead atoms. The third-order valence-electron chi connectivity index (χ3n) is 3.72. The summed E-state index contributed by atoms with van der Waals surface area (Å²) in [6.07, 6.45) is 0.988. The topological polar surface area (TPSA) is 23.5 Å². The highest BCUT2D eigenvalue weighted by Gasteiger charge is 2.29. The van der Waals surface area contributed by atoms with Crippen LogP contribution in [0.25, 0.3) is 0 Å². The summed E-state index contributed by atoms with van der Waals surface area (Å²) in [5.74, 6) is 0.829. The van der Waals surface area contributed by atoms with Gasteiger partial charge in [-0.2, -0.15) is 0 Å². The van der Waals surface area contributed by atoms with Gasteiger partial charge in [0.25, 0.3) is 0 Å². The molecule has 17 heavy (non-hydrogen) atoms. The van der Waals surface area contributed by atoms with Gasteiger partial charge in [-0.3, -0.25) is 4.90 Å². The maximum Gasteiger partial charge on any atom is 0.0603 e. The first kappa shape index (κ1) is 12.6. The number of hydrogen-bond donors (Lipinski definition) is 1.